The molecule has 2 aliphatic heterocycles. The standard InChI is InChI=1S/C10H19N5O.HI/c1-2-16-8-6-14-10-13-5-7-15(10)9-11-3-4-12-9;/h2-8H2,1H3,(H,11,12)(H,13,14);1H. The van der Waals surface area contributed by atoms with Crippen LogP contribution in [0.1, 0.15) is 6.92 Å². The van der Waals surface area contributed by atoms with Gasteiger partial charge < -0.3 is 15.4 Å². The Morgan fingerprint density at radius 2 is 2.29 bits per heavy atom. The molecule has 0 atom stereocenters. The minimum Gasteiger partial charge on any atom is -0.380 e. The molecule has 0 aromatic rings. The molecule has 7 heteroatoms. The molecule has 0 aromatic carbocycles. The van der Waals surface area contributed by atoms with Gasteiger partial charge in [-0.3, -0.25) is 14.9 Å². The van der Waals surface area contributed by atoms with E-state index in [2.05, 4.69) is 25.5 Å². The molecular weight excluding hydrogens is 333 g/mol. The maximum absolute atomic E-state index is 5.27. The predicted molar refractivity (Wildman–Crippen MR) is 79.2 cm³/mol. The summed E-state index contributed by atoms with van der Waals surface area (Å²) in [5.74, 6) is 1.85. The molecule has 0 amide bonds. The summed E-state index contributed by atoms with van der Waals surface area (Å²) in [6.07, 6.45) is 0. The average Bonchev–Trinajstić information content (AvgIpc) is 2.94. The number of rotatable bonds is 4. The number of guanidine groups is 2. The first-order chi connectivity index (χ1) is 7.92. The number of hydrogen-bond acceptors (Lipinski definition) is 6. The van der Waals surface area contributed by atoms with E-state index in [1.165, 1.54) is 0 Å². The monoisotopic (exact) mass is 353 g/mol. The molecule has 98 valence electrons. The van der Waals surface area contributed by atoms with E-state index in [1.54, 1.807) is 0 Å². The zero-order valence-corrected chi connectivity index (χ0v) is 12.4. The van der Waals surface area contributed by atoms with Crippen molar-refractivity contribution >= 4 is 35.9 Å². The van der Waals surface area contributed by atoms with Crippen molar-refractivity contribution in [1.82, 2.24) is 15.5 Å². The Kier molecular flexibility index (Phi) is 6.56. The van der Waals surface area contributed by atoms with Crippen molar-refractivity contribution in [1.29, 1.82) is 0 Å². The lowest BCUT2D eigenvalue weighted by Gasteiger charge is -2.20. The van der Waals surface area contributed by atoms with Gasteiger partial charge in [-0.15, -0.1) is 24.0 Å². The number of nitrogens with zero attached hydrogens (tertiary/aromatic N) is 3. The van der Waals surface area contributed by atoms with Gasteiger partial charge in [0, 0.05) is 26.2 Å². The lowest BCUT2D eigenvalue weighted by atomic mass is 10.6. The van der Waals surface area contributed by atoms with Crippen LogP contribution in [0.15, 0.2) is 9.98 Å². The Morgan fingerprint density at radius 3 is 3.00 bits per heavy atom. The molecule has 0 unspecified atom stereocenters. The summed E-state index contributed by atoms with van der Waals surface area (Å²) >= 11 is 0. The normalized spacial score (nSPS) is 18.3. The summed E-state index contributed by atoms with van der Waals surface area (Å²) in [6, 6.07) is 0. The van der Waals surface area contributed by atoms with Crippen LogP contribution < -0.4 is 10.6 Å². The molecule has 2 aliphatic rings. The van der Waals surface area contributed by atoms with Crippen LogP contribution >= 0.6 is 24.0 Å². The van der Waals surface area contributed by atoms with Crippen LogP contribution in [0.2, 0.25) is 0 Å². The van der Waals surface area contributed by atoms with E-state index in [-0.39, 0.29) is 24.0 Å². The summed E-state index contributed by atoms with van der Waals surface area (Å²) < 4.78 is 5.27. The van der Waals surface area contributed by atoms with Crippen molar-refractivity contribution in [2.24, 2.45) is 9.98 Å². The quantitative estimate of drug-likeness (QED) is 0.546. The summed E-state index contributed by atoms with van der Waals surface area (Å²) in [6.45, 7) is 7.78. The first-order valence-corrected chi connectivity index (χ1v) is 5.83. The van der Waals surface area contributed by atoms with Crippen LogP contribution in [-0.4, -0.2) is 62.8 Å². The minimum absolute atomic E-state index is 0. The summed E-state index contributed by atoms with van der Waals surface area (Å²) in [5.41, 5.74) is 0. The molecule has 0 saturated carbocycles. The maximum Gasteiger partial charge on any atom is 0.201 e. The van der Waals surface area contributed by atoms with Gasteiger partial charge in [0.25, 0.3) is 0 Å². The first kappa shape index (κ1) is 14.5. The van der Waals surface area contributed by atoms with Crippen LogP contribution in [0.5, 0.6) is 0 Å². The van der Waals surface area contributed by atoms with Crippen molar-refractivity contribution in [3.05, 3.63) is 0 Å². The highest BCUT2D eigenvalue weighted by atomic mass is 127. The van der Waals surface area contributed by atoms with Crippen molar-refractivity contribution in [3.63, 3.8) is 0 Å². The van der Waals surface area contributed by atoms with Gasteiger partial charge in [-0.1, -0.05) is 0 Å². The smallest absolute Gasteiger partial charge is 0.201 e. The summed E-state index contributed by atoms with van der Waals surface area (Å²) in [4.78, 5) is 10.9. The molecule has 0 aromatic heterocycles. The van der Waals surface area contributed by atoms with Gasteiger partial charge in [-0.25, -0.2) is 0 Å². The van der Waals surface area contributed by atoms with E-state index in [4.69, 9.17) is 4.74 Å². The topological polar surface area (TPSA) is 61.2 Å². The second-order valence-corrected chi connectivity index (χ2v) is 3.61. The van der Waals surface area contributed by atoms with Crippen molar-refractivity contribution in [3.8, 4) is 0 Å². The Bertz CT molecular complexity index is 294. The maximum atomic E-state index is 5.27. The van der Waals surface area contributed by atoms with E-state index in [9.17, 15) is 0 Å². The molecule has 0 bridgehead atoms. The summed E-state index contributed by atoms with van der Waals surface area (Å²) in [5, 5.41) is 6.53. The average molecular weight is 353 g/mol. The van der Waals surface area contributed by atoms with Crippen molar-refractivity contribution < 1.29 is 4.74 Å². The van der Waals surface area contributed by atoms with Gasteiger partial charge in [0.2, 0.25) is 11.9 Å². The molecule has 6 nitrogen and oxygen atoms in total. The SMILES string of the molecule is CCOCCNC1=NCCN1C1=NCCN1.I. The molecule has 0 saturated heterocycles. The molecule has 0 spiro atoms. The van der Waals surface area contributed by atoms with E-state index >= 15 is 0 Å². The predicted octanol–water partition coefficient (Wildman–Crippen LogP) is -0.139. The molecule has 0 aliphatic carbocycles. The number of halogens is 1. The lowest BCUT2D eigenvalue weighted by Crippen LogP contribution is -2.47. The van der Waals surface area contributed by atoms with Gasteiger partial charge in [0.15, 0.2) is 0 Å². The van der Waals surface area contributed by atoms with E-state index < -0.39 is 0 Å². The highest BCUT2D eigenvalue weighted by Gasteiger charge is 2.23. The Balaban J connectivity index is 0.00000144. The fourth-order valence-electron chi connectivity index (χ4n) is 1.75. The van der Waals surface area contributed by atoms with E-state index in [1.807, 2.05) is 6.92 Å². The second kappa shape index (κ2) is 7.70. The third-order valence-electron chi connectivity index (χ3n) is 2.49. The van der Waals surface area contributed by atoms with Gasteiger partial charge in [-0.05, 0) is 6.92 Å². The Labute approximate surface area is 119 Å². The van der Waals surface area contributed by atoms with Gasteiger partial charge in [-0.2, -0.15) is 0 Å². The fourth-order valence-corrected chi connectivity index (χ4v) is 1.75. The summed E-state index contributed by atoms with van der Waals surface area (Å²) in [7, 11) is 0. The molecule has 2 N–H and O–H groups in total. The number of ether oxygens (including phenoxy) is 1. The van der Waals surface area contributed by atoms with Gasteiger partial charge in [0.1, 0.15) is 0 Å². The third kappa shape index (κ3) is 3.98. The Hall–Kier alpha value is -0.570. The number of nitrogens with one attached hydrogen (secondary N) is 2. The largest absolute Gasteiger partial charge is 0.380 e. The van der Waals surface area contributed by atoms with Crippen molar-refractivity contribution in [2.45, 2.75) is 6.92 Å². The number of hydrogen-bond donors (Lipinski definition) is 2. The van der Waals surface area contributed by atoms with Gasteiger partial charge >= 0.3 is 0 Å². The third-order valence-corrected chi connectivity index (χ3v) is 2.49. The lowest BCUT2D eigenvalue weighted by molar-refractivity contribution is 0.152. The zero-order chi connectivity index (χ0) is 11.2. The molecule has 0 radical (unpaired) electrons. The molecule has 17 heavy (non-hydrogen) atoms. The Morgan fingerprint density at radius 1 is 1.41 bits per heavy atom. The second-order valence-electron chi connectivity index (χ2n) is 3.61. The zero-order valence-electron chi connectivity index (χ0n) is 10.1. The van der Waals surface area contributed by atoms with Crippen LogP contribution in [-0.2, 0) is 4.74 Å². The first-order valence-electron chi connectivity index (χ1n) is 5.83. The molecule has 0 fully saturated rings. The van der Waals surface area contributed by atoms with Crippen molar-refractivity contribution in [2.75, 3.05) is 45.9 Å². The fraction of sp³-hybridized carbons (Fsp3) is 0.800. The molecular formula is C10H20IN5O. The molecule has 2 rings (SSSR count). The number of aliphatic imine (C=N–C) groups is 2. The minimum atomic E-state index is 0. The van der Waals surface area contributed by atoms with Crippen LogP contribution in [0.4, 0.5) is 0 Å². The van der Waals surface area contributed by atoms with Crippen LogP contribution in [0.25, 0.3) is 0 Å². The highest BCUT2D eigenvalue weighted by molar-refractivity contribution is 14.0. The van der Waals surface area contributed by atoms with E-state index in [0.717, 1.165) is 51.2 Å². The highest BCUT2D eigenvalue weighted by Crippen LogP contribution is 2.02. The van der Waals surface area contributed by atoms with E-state index in [0.29, 0.717) is 6.61 Å². The van der Waals surface area contributed by atoms with Gasteiger partial charge in [0.05, 0.1) is 19.7 Å². The van der Waals surface area contributed by atoms with Crippen LogP contribution in [0, 0.1) is 0 Å². The molecule has 2 heterocycles. The van der Waals surface area contributed by atoms with Crippen LogP contribution in [0.3, 0.4) is 0 Å².